The number of aromatic carboxylic acids is 1. The molecule has 1 fully saturated rings. The number of carboxylic acid groups (broad SMARTS) is 1. The van der Waals surface area contributed by atoms with Gasteiger partial charge in [-0.2, -0.15) is 0 Å². The van der Waals surface area contributed by atoms with Crippen LogP contribution in [-0.4, -0.2) is 72.0 Å². The van der Waals surface area contributed by atoms with Gasteiger partial charge in [-0.1, -0.05) is 18.2 Å². The monoisotopic (exact) mass is 366 g/mol. The predicted octanol–water partition coefficient (Wildman–Crippen LogP) is -1.63. The molecule has 0 radical (unpaired) electrons. The second kappa shape index (κ2) is 8.49. The van der Waals surface area contributed by atoms with Crippen LogP contribution in [0.2, 0.25) is 0 Å². The number of carboxylic acids is 1. The Balaban J connectivity index is 0.000000228. The maximum absolute atomic E-state index is 10.8. The summed E-state index contributed by atoms with van der Waals surface area (Å²) >= 11 is 0. The lowest BCUT2D eigenvalue weighted by atomic mass is 10.1. The zero-order valence-electron chi connectivity index (χ0n) is 13.4. The van der Waals surface area contributed by atoms with E-state index < -0.39 is 43.0 Å². The number of carbonyl (C=O) groups is 2. The van der Waals surface area contributed by atoms with E-state index in [1.165, 1.54) is 0 Å². The highest BCUT2D eigenvalue weighted by molar-refractivity contribution is 5.88. The first-order valence-corrected chi connectivity index (χ1v) is 7.47. The molecule has 1 amide bonds. The van der Waals surface area contributed by atoms with E-state index in [4.69, 9.17) is 20.7 Å². The van der Waals surface area contributed by atoms with Gasteiger partial charge in [-0.15, -0.1) is 5.10 Å². The molecule has 3 rings (SSSR count). The maximum Gasteiger partial charge on any atom is 0.335 e. The van der Waals surface area contributed by atoms with Crippen molar-refractivity contribution in [2.75, 3.05) is 6.61 Å². The SMILES string of the molecule is NC(=O)c1ncn([C@@H]2O[C@H](CO)[C@@H](O)[C@H]2O)n1.O=C(O)c1ccccc1. The number of aliphatic hydroxyl groups excluding tert-OH is 3. The topological polar surface area (TPSA) is 181 Å². The Labute approximate surface area is 147 Å². The van der Waals surface area contributed by atoms with Crippen LogP contribution in [0.3, 0.4) is 0 Å². The van der Waals surface area contributed by atoms with Crippen molar-refractivity contribution in [2.45, 2.75) is 24.5 Å². The second-order valence-electron chi connectivity index (χ2n) is 5.31. The molecule has 0 unspecified atom stereocenters. The number of hydrogen-bond donors (Lipinski definition) is 5. The summed E-state index contributed by atoms with van der Waals surface area (Å²) in [5.41, 5.74) is 5.30. The van der Waals surface area contributed by atoms with Crippen molar-refractivity contribution in [2.24, 2.45) is 5.73 Å². The van der Waals surface area contributed by atoms with E-state index in [2.05, 4.69) is 10.1 Å². The summed E-state index contributed by atoms with van der Waals surface area (Å²) in [5.74, 6) is -1.91. The molecule has 6 N–H and O–H groups in total. The van der Waals surface area contributed by atoms with Gasteiger partial charge < -0.3 is 30.9 Å². The van der Waals surface area contributed by atoms with Crippen LogP contribution in [0.5, 0.6) is 0 Å². The van der Waals surface area contributed by atoms with Crippen molar-refractivity contribution in [3.8, 4) is 0 Å². The normalized spacial score (nSPS) is 24.6. The smallest absolute Gasteiger partial charge is 0.335 e. The minimum atomic E-state index is -1.27. The lowest BCUT2D eigenvalue weighted by Gasteiger charge is -2.13. The third kappa shape index (κ3) is 4.40. The highest BCUT2D eigenvalue weighted by Gasteiger charge is 2.44. The van der Waals surface area contributed by atoms with Crippen LogP contribution in [0.25, 0.3) is 0 Å². The quantitative estimate of drug-likeness (QED) is 0.424. The summed E-state index contributed by atoms with van der Waals surface area (Å²) in [6.07, 6.45) is -3.26. The number of ether oxygens (including phenoxy) is 1. The minimum Gasteiger partial charge on any atom is -0.478 e. The lowest BCUT2D eigenvalue weighted by molar-refractivity contribution is -0.0588. The number of benzene rings is 1. The molecule has 1 aromatic carbocycles. The Morgan fingerprint density at radius 1 is 1.19 bits per heavy atom. The fraction of sp³-hybridized carbons (Fsp3) is 0.333. The Morgan fingerprint density at radius 2 is 1.85 bits per heavy atom. The molecular weight excluding hydrogens is 348 g/mol. The van der Waals surface area contributed by atoms with Gasteiger partial charge in [0, 0.05) is 0 Å². The van der Waals surface area contributed by atoms with E-state index >= 15 is 0 Å². The van der Waals surface area contributed by atoms with Gasteiger partial charge in [-0.05, 0) is 12.1 Å². The van der Waals surface area contributed by atoms with Gasteiger partial charge in [0.15, 0.2) is 6.23 Å². The van der Waals surface area contributed by atoms with Crippen molar-refractivity contribution < 1.29 is 34.8 Å². The fourth-order valence-electron chi connectivity index (χ4n) is 2.19. The average Bonchev–Trinajstić information content (AvgIpc) is 3.22. The first kappa shape index (κ1) is 19.5. The zero-order chi connectivity index (χ0) is 19.3. The predicted molar refractivity (Wildman–Crippen MR) is 85.0 cm³/mol. The van der Waals surface area contributed by atoms with Crippen LogP contribution in [0.1, 0.15) is 27.2 Å². The molecule has 0 aliphatic carbocycles. The molecule has 0 bridgehead atoms. The fourth-order valence-corrected chi connectivity index (χ4v) is 2.19. The molecule has 26 heavy (non-hydrogen) atoms. The van der Waals surface area contributed by atoms with E-state index in [0.717, 1.165) is 11.0 Å². The number of aromatic nitrogens is 3. The van der Waals surface area contributed by atoms with Gasteiger partial charge in [-0.25, -0.2) is 14.5 Å². The van der Waals surface area contributed by atoms with E-state index in [1.807, 2.05) is 0 Å². The third-order valence-electron chi connectivity index (χ3n) is 3.53. The third-order valence-corrected chi connectivity index (χ3v) is 3.53. The summed E-state index contributed by atoms with van der Waals surface area (Å²) in [6.45, 7) is -0.438. The number of carbonyl (C=O) groups excluding carboxylic acids is 1. The van der Waals surface area contributed by atoms with E-state index in [-0.39, 0.29) is 5.82 Å². The molecule has 2 heterocycles. The Hall–Kier alpha value is -2.86. The molecule has 1 aliphatic heterocycles. The van der Waals surface area contributed by atoms with Crippen LogP contribution in [-0.2, 0) is 4.74 Å². The van der Waals surface area contributed by atoms with Gasteiger partial charge in [-0.3, -0.25) is 4.79 Å². The maximum atomic E-state index is 10.8. The Kier molecular flexibility index (Phi) is 6.36. The highest BCUT2D eigenvalue weighted by atomic mass is 16.6. The van der Waals surface area contributed by atoms with Crippen molar-refractivity contribution in [1.82, 2.24) is 14.8 Å². The number of amides is 1. The van der Waals surface area contributed by atoms with Crippen molar-refractivity contribution >= 4 is 11.9 Å². The van der Waals surface area contributed by atoms with E-state index in [0.29, 0.717) is 5.56 Å². The molecule has 4 atom stereocenters. The van der Waals surface area contributed by atoms with Gasteiger partial charge in [0.05, 0.1) is 12.2 Å². The number of nitrogens with zero attached hydrogens (tertiary/aromatic N) is 3. The largest absolute Gasteiger partial charge is 0.478 e. The molecule has 0 saturated carbocycles. The van der Waals surface area contributed by atoms with Crippen molar-refractivity contribution in [3.63, 3.8) is 0 Å². The van der Waals surface area contributed by atoms with Gasteiger partial charge in [0.1, 0.15) is 24.6 Å². The second-order valence-corrected chi connectivity index (χ2v) is 5.31. The van der Waals surface area contributed by atoms with Crippen LogP contribution in [0, 0.1) is 0 Å². The Bertz CT molecular complexity index is 751. The summed E-state index contributed by atoms with van der Waals surface area (Å²) in [6, 6.07) is 8.30. The first-order chi connectivity index (χ1) is 12.3. The molecule has 1 saturated heterocycles. The number of nitrogens with two attached hydrogens (primary N) is 1. The number of hydrogen-bond acceptors (Lipinski definition) is 8. The van der Waals surface area contributed by atoms with Crippen LogP contribution in [0.15, 0.2) is 36.7 Å². The van der Waals surface area contributed by atoms with Crippen molar-refractivity contribution in [3.05, 3.63) is 48.0 Å². The summed E-state index contributed by atoms with van der Waals surface area (Å²) < 4.78 is 6.25. The zero-order valence-corrected chi connectivity index (χ0v) is 13.4. The summed E-state index contributed by atoms with van der Waals surface area (Å²) in [5, 5.41) is 40.2. The van der Waals surface area contributed by atoms with Gasteiger partial charge >= 0.3 is 5.97 Å². The first-order valence-electron chi connectivity index (χ1n) is 7.47. The van der Waals surface area contributed by atoms with Crippen LogP contribution in [0.4, 0.5) is 0 Å². The lowest BCUT2D eigenvalue weighted by Crippen LogP contribution is -2.33. The molecule has 2 aromatic rings. The molecule has 1 aliphatic rings. The number of primary amides is 1. The Morgan fingerprint density at radius 3 is 2.27 bits per heavy atom. The standard InChI is InChI=1S/C8H12N4O5.C7H6O2/c9-6(16)7-10-2-12(11-7)8-5(15)4(14)3(1-13)17-8;8-7(9)6-4-2-1-3-5-6/h2-5,8,13-15H,1H2,(H2,9,16);1-5H,(H,8,9)/t3-,4-,5-,8-;/m1./s1. The highest BCUT2D eigenvalue weighted by Crippen LogP contribution is 2.28. The van der Waals surface area contributed by atoms with Crippen LogP contribution >= 0.6 is 0 Å². The van der Waals surface area contributed by atoms with Gasteiger partial charge in [0.25, 0.3) is 5.91 Å². The molecule has 1 aromatic heterocycles. The minimum absolute atomic E-state index is 0.220. The molecular formula is C15H18N4O7. The number of rotatable bonds is 4. The summed E-state index contributed by atoms with van der Waals surface area (Å²) in [7, 11) is 0. The van der Waals surface area contributed by atoms with Crippen molar-refractivity contribution in [1.29, 1.82) is 0 Å². The van der Waals surface area contributed by atoms with Gasteiger partial charge in [0.2, 0.25) is 5.82 Å². The van der Waals surface area contributed by atoms with Crippen LogP contribution < -0.4 is 5.73 Å². The van der Waals surface area contributed by atoms with E-state index in [1.54, 1.807) is 30.3 Å². The molecule has 11 heteroatoms. The molecule has 11 nitrogen and oxygen atoms in total. The molecule has 0 spiro atoms. The number of aliphatic hydroxyl groups is 3. The molecule has 140 valence electrons. The summed E-state index contributed by atoms with van der Waals surface area (Å²) in [4.78, 5) is 24.6. The van der Waals surface area contributed by atoms with E-state index in [9.17, 15) is 19.8 Å². The average molecular weight is 366 g/mol.